The van der Waals surface area contributed by atoms with Gasteiger partial charge in [0.05, 0.1) is 50.5 Å². The standard InChI is InChI=1S/C31H29F3N8O3.ClH/c1-19-25(27(43)45-4)26(41-29(38-39-30(41)44)40(19)23-10-5-9-22(17-23)31(32,33)34)24-12-11-20(18-35)16-21(24)8-6-15-42(2,3)28-36-13-7-14-37-28;/h5,7,9-14,16-17,26H,6,8,15H2,1-4H3;1H/t26-;/m1./s1. The summed E-state index contributed by atoms with van der Waals surface area (Å²) in [5.41, 5.74) is 0.349. The van der Waals surface area contributed by atoms with Gasteiger partial charge in [0.1, 0.15) is 6.04 Å². The quantitative estimate of drug-likeness (QED) is 0.224. The number of quaternary nitrogens is 1. The second-order valence-electron chi connectivity index (χ2n) is 11.1. The first-order valence-electron chi connectivity index (χ1n) is 13.9. The van der Waals surface area contributed by atoms with E-state index in [9.17, 15) is 28.0 Å². The topological polar surface area (TPSA) is 130 Å². The Hall–Kier alpha value is -5.00. The Morgan fingerprint density at radius 3 is 2.50 bits per heavy atom. The number of carbonyl (C=O) groups excluding carboxylic acids is 1. The number of halogens is 4. The van der Waals surface area contributed by atoms with Crippen LogP contribution in [0.1, 0.15) is 41.6 Å². The van der Waals surface area contributed by atoms with Gasteiger partial charge in [0.25, 0.3) is 0 Å². The molecule has 1 aliphatic rings. The fraction of sp³-hybridized carbons (Fsp3) is 0.290. The maximum atomic E-state index is 13.6. The van der Waals surface area contributed by atoms with E-state index >= 15 is 0 Å². The van der Waals surface area contributed by atoms with Gasteiger partial charge in [-0.3, -0.25) is 9.38 Å². The zero-order valence-electron chi connectivity index (χ0n) is 25.3. The molecule has 0 bridgehead atoms. The van der Waals surface area contributed by atoms with Gasteiger partial charge in [-0.05, 0) is 60.9 Å². The number of hydrogen-bond donors (Lipinski definition) is 1. The molecule has 0 unspecified atom stereocenters. The fourth-order valence-corrected chi connectivity index (χ4v) is 5.61. The second kappa shape index (κ2) is 13.2. The van der Waals surface area contributed by atoms with Crippen LogP contribution in [0.2, 0.25) is 0 Å². The number of esters is 1. The number of nitrogens with one attached hydrogen (secondary N) is 1. The zero-order valence-corrected chi connectivity index (χ0v) is 26.1. The highest BCUT2D eigenvalue weighted by molar-refractivity contribution is 5.93. The number of fused-ring (bicyclic) bond motifs is 1. The number of alkyl halides is 3. The highest BCUT2D eigenvalue weighted by atomic mass is 35.5. The molecule has 240 valence electrons. The molecule has 2 aromatic heterocycles. The van der Waals surface area contributed by atoms with E-state index < -0.39 is 29.4 Å². The minimum absolute atomic E-state index is 0. The molecule has 0 radical (unpaired) electrons. The third-order valence-electron chi connectivity index (χ3n) is 7.80. The number of anilines is 2. The van der Waals surface area contributed by atoms with Crippen LogP contribution in [-0.4, -0.2) is 58.5 Å². The third kappa shape index (κ3) is 6.37. The average Bonchev–Trinajstić information content (AvgIpc) is 3.40. The van der Waals surface area contributed by atoms with E-state index in [1.54, 1.807) is 43.6 Å². The molecule has 46 heavy (non-hydrogen) atoms. The Kier molecular flexibility index (Phi) is 9.69. The molecule has 0 aliphatic carbocycles. The Morgan fingerprint density at radius 2 is 1.85 bits per heavy atom. The van der Waals surface area contributed by atoms with Gasteiger partial charge in [0.15, 0.2) is 0 Å². The van der Waals surface area contributed by atoms with E-state index in [1.165, 1.54) is 28.7 Å². The lowest BCUT2D eigenvalue weighted by atomic mass is 9.88. The van der Waals surface area contributed by atoms with Crippen LogP contribution in [-0.2, 0) is 22.1 Å². The number of nitriles is 1. The van der Waals surface area contributed by atoms with Gasteiger partial charge in [0, 0.05) is 30.2 Å². The van der Waals surface area contributed by atoms with Gasteiger partial charge in [-0.25, -0.2) is 19.3 Å². The van der Waals surface area contributed by atoms with Gasteiger partial charge >= 0.3 is 23.8 Å². The predicted molar refractivity (Wildman–Crippen MR) is 159 cm³/mol. The first-order chi connectivity index (χ1) is 21.4. The average molecular weight is 655 g/mol. The van der Waals surface area contributed by atoms with Crippen molar-refractivity contribution in [1.82, 2.24) is 29.2 Å². The molecule has 1 N–H and O–H groups in total. The predicted octanol–water partition coefficient (Wildman–Crippen LogP) is 1.64. The number of carbonyl (C=O) groups is 1. The SMILES string of the molecule is COC(=O)C1=C(C)N(c2cccc(C(F)(F)F)c2)c2n[nH]c(=O)n2[C@@H]1c1ccc(C#N)cc1CCC[N+](C)(C)c1ncccn1.[Cl-]. The van der Waals surface area contributed by atoms with Crippen molar-refractivity contribution in [2.24, 2.45) is 0 Å². The van der Waals surface area contributed by atoms with Crippen molar-refractivity contribution in [2.75, 3.05) is 32.6 Å². The van der Waals surface area contributed by atoms with Crippen LogP contribution in [0.4, 0.5) is 30.8 Å². The number of allylic oxidation sites excluding steroid dienone is 1. The molecule has 15 heteroatoms. The number of H-pyrrole nitrogens is 1. The first kappa shape index (κ1) is 33.9. The molecule has 4 aromatic rings. The number of rotatable bonds is 8. The summed E-state index contributed by atoms with van der Waals surface area (Å²) in [7, 11) is 5.14. The number of benzene rings is 2. The van der Waals surface area contributed by atoms with E-state index in [2.05, 4.69) is 26.2 Å². The van der Waals surface area contributed by atoms with Gasteiger partial charge < -0.3 is 17.1 Å². The minimum Gasteiger partial charge on any atom is -1.00 e. The van der Waals surface area contributed by atoms with Crippen LogP contribution in [0.3, 0.4) is 0 Å². The van der Waals surface area contributed by atoms with Crippen molar-refractivity contribution in [3.63, 3.8) is 0 Å². The van der Waals surface area contributed by atoms with Crippen molar-refractivity contribution in [1.29, 1.82) is 5.26 Å². The Bertz CT molecular complexity index is 1880. The van der Waals surface area contributed by atoms with Gasteiger partial charge in [-0.1, -0.05) is 12.1 Å². The van der Waals surface area contributed by atoms with Gasteiger partial charge in [-0.2, -0.15) is 28.4 Å². The van der Waals surface area contributed by atoms with Crippen LogP contribution in [0.5, 0.6) is 0 Å². The van der Waals surface area contributed by atoms with E-state index in [0.29, 0.717) is 46.5 Å². The monoisotopic (exact) mass is 654 g/mol. The molecule has 3 heterocycles. The van der Waals surface area contributed by atoms with E-state index in [4.69, 9.17) is 4.74 Å². The molecule has 1 atom stereocenters. The lowest BCUT2D eigenvalue weighted by Crippen LogP contribution is -3.00. The van der Waals surface area contributed by atoms with Crippen LogP contribution in [0.15, 0.2) is 77.0 Å². The Balaban J connectivity index is 0.00000480. The van der Waals surface area contributed by atoms with Crippen LogP contribution in [0.25, 0.3) is 0 Å². The molecule has 0 saturated carbocycles. The van der Waals surface area contributed by atoms with Gasteiger partial charge in [-0.15, -0.1) is 5.10 Å². The molecular formula is C31H30ClF3N8O3. The van der Waals surface area contributed by atoms with Crippen LogP contribution in [0, 0.1) is 11.3 Å². The fourth-order valence-electron chi connectivity index (χ4n) is 5.61. The summed E-state index contributed by atoms with van der Waals surface area (Å²) in [6, 6.07) is 12.3. The third-order valence-corrected chi connectivity index (χ3v) is 7.80. The summed E-state index contributed by atoms with van der Waals surface area (Å²) >= 11 is 0. The molecule has 11 nitrogen and oxygen atoms in total. The maximum absolute atomic E-state index is 13.6. The number of methoxy groups -OCH3 is 1. The van der Waals surface area contributed by atoms with Gasteiger partial charge in [0.2, 0.25) is 5.95 Å². The van der Waals surface area contributed by atoms with E-state index in [0.717, 1.165) is 12.1 Å². The van der Waals surface area contributed by atoms with Crippen LogP contribution >= 0.6 is 0 Å². The summed E-state index contributed by atoms with van der Waals surface area (Å²) in [6.07, 6.45) is -0.195. The number of aromatic nitrogens is 5. The van der Waals surface area contributed by atoms with E-state index in [1.807, 2.05) is 14.1 Å². The normalized spacial score (nSPS) is 14.7. The summed E-state index contributed by atoms with van der Waals surface area (Å²) in [6.45, 7) is 2.19. The number of aromatic amines is 1. The zero-order chi connectivity index (χ0) is 32.5. The highest BCUT2D eigenvalue weighted by Crippen LogP contribution is 2.43. The number of aryl methyl sites for hydroxylation is 1. The van der Waals surface area contributed by atoms with Crippen LogP contribution < -0.4 is 27.5 Å². The molecule has 0 saturated heterocycles. The van der Waals surface area contributed by atoms with E-state index in [-0.39, 0.29) is 35.3 Å². The summed E-state index contributed by atoms with van der Waals surface area (Å²) in [5.74, 6) is -0.155. The molecule has 0 amide bonds. The molecule has 0 spiro atoms. The molecule has 0 fully saturated rings. The van der Waals surface area contributed by atoms with Crippen molar-refractivity contribution >= 4 is 23.6 Å². The Labute approximate surface area is 268 Å². The molecular weight excluding hydrogens is 625 g/mol. The summed E-state index contributed by atoms with van der Waals surface area (Å²) in [5, 5.41) is 16.2. The van der Waals surface area contributed by atoms with Crippen molar-refractivity contribution in [3.05, 3.63) is 105 Å². The van der Waals surface area contributed by atoms with Crippen molar-refractivity contribution in [2.45, 2.75) is 32.0 Å². The maximum Gasteiger partial charge on any atom is 0.416 e. The smallest absolute Gasteiger partial charge is 0.416 e. The molecule has 1 aliphatic heterocycles. The number of ether oxygens (including phenoxy) is 1. The largest absolute Gasteiger partial charge is 1.00 e. The Morgan fingerprint density at radius 1 is 1.13 bits per heavy atom. The highest BCUT2D eigenvalue weighted by Gasteiger charge is 2.41. The minimum atomic E-state index is -4.63. The summed E-state index contributed by atoms with van der Waals surface area (Å²) < 4.78 is 47.7. The molecule has 2 aromatic carbocycles. The van der Waals surface area contributed by atoms with Crippen molar-refractivity contribution < 1.29 is 35.1 Å². The lowest BCUT2D eigenvalue weighted by Gasteiger charge is -2.36. The number of nitrogens with zero attached hydrogens (tertiary/aromatic N) is 7. The number of hydrogen-bond acceptors (Lipinski definition) is 8. The second-order valence-corrected chi connectivity index (χ2v) is 11.1. The first-order valence-corrected chi connectivity index (χ1v) is 13.9. The molecule has 5 rings (SSSR count). The lowest BCUT2D eigenvalue weighted by molar-refractivity contribution is -0.138. The summed E-state index contributed by atoms with van der Waals surface area (Å²) in [4.78, 5) is 36.8. The van der Waals surface area contributed by atoms with Crippen molar-refractivity contribution in [3.8, 4) is 6.07 Å².